The van der Waals surface area contributed by atoms with Gasteiger partial charge in [0.2, 0.25) is 0 Å². The van der Waals surface area contributed by atoms with Crippen molar-refractivity contribution in [1.29, 1.82) is 0 Å². The highest BCUT2D eigenvalue weighted by Gasteiger charge is 2.12. The maximum atomic E-state index is 11.9. The molecule has 0 aliphatic rings. The Labute approximate surface area is 156 Å². The SMILES string of the molecule is O=C(NNC(=O)c1ccccn1)Nc1nc(-c2cccc([N+](=O)[O-])c2)cs1. The molecule has 2 heterocycles. The summed E-state index contributed by atoms with van der Waals surface area (Å²) in [5, 5.41) is 15.2. The van der Waals surface area contributed by atoms with Crippen molar-refractivity contribution in [2.24, 2.45) is 0 Å². The number of urea groups is 1. The molecule has 0 atom stereocenters. The molecular formula is C16H12N6O4S. The Hall–Kier alpha value is -3.86. The van der Waals surface area contributed by atoms with Crippen molar-refractivity contribution >= 4 is 34.1 Å². The number of benzene rings is 1. The fourth-order valence-corrected chi connectivity index (χ4v) is 2.76. The predicted octanol–water partition coefficient (Wildman–Crippen LogP) is 2.58. The Morgan fingerprint density at radius 3 is 2.70 bits per heavy atom. The van der Waals surface area contributed by atoms with Gasteiger partial charge in [0.15, 0.2) is 5.13 Å². The van der Waals surface area contributed by atoms with E-state index in [1.54, 1.807) is 29.6 Å². The van der Waals surface area contributed by atoms with Crippen LogP contribution in [0.2, 0.25) is 0 Å². The molecule has 2 aromatic heterocycles. The highest BCUT2D eigenvalue weighted by atomic mass is 32.1. The molecule has 3 rings (SSSR count). The van der Waals surface area contributed by atoms with E-state index in [9.17, 15) is 19.7 Å². The first-order valence-electron chi connectivity index (χ1n) is 7.51. The summed E-state index contributed by atoms with van der Waals surface area (Å²) in [6, 6.07) is 10.1. The van der Waals surface area contributed by atoms with Crippen LogP contribution in [0, 0.1) is 10.1 Å². The summed E-state index contributed by atoms with van der Waals surface area (Å²) < 4.78 is 0. The Bertz CT molecular complexity index is 991. The standard InChI is InChI=1S/C16H12N6O4S/c23-14(12-6-1-2-7-17-12)20-21-15(24)19-16-18-13(9-27-16)10-4-3-5-11(8-10)22(25)26/h1-9H,(H,20,23)(H2,18,19,21,24). The molecule has 3 aromatic rings. The number of aromatic nitrogens is 2. The average molecular weight is 384 g/mol. The second-order valence-corrected chi connectivity index (χ2v) is 5.95. The van der Waals surface area contributed by atoms with Crippen molar-refractivity contribution in [2.75, 3.05) is 5.32 Å². The quantitative estimate of drug-likeness (QED) is 0.467. The molecule has 27 heavy (non-hydrogen) atoms. The number of nitrogens with zero attached hydrogens (tertiary/aromatic N) is 3. The van der Waals surface area contributed by atoms with Crippen LogP contribution in [-0.4, -0.2) is 26.8 Å². The number of rotatable bonds is 4. The van der Waals surface area contributed by atoms with Crippen molar-refractivity contribution in [2.45, 2.75) is 0 Å². The molecule has 3 N–H and O–H groups in total. The second-order valence-electron chi connectivity index (χ2n) is 5.09. The minimum absolute atomic E-state index is 0.0509. The zero-order valence-corrected chi connectivity index (χ0v) is 14.4. The third kappa shape index (κ3) is 4.61. The van der Waals surface area contributed by atoms with Crippen molar-refractivity contribution < 1.29 is 14.5 Å². The smallest absolute Gasteiger partial charge is 0.282 e. The van der Waals surface area contributed by atoms with Gasteiger partial charge in [-0.1, -0.05) is 18.2 Å². The first kappa shape index (κ1) is 17.9. The van der Waals surface area contributed by atoms with Crippen LogP contribution in [0.1, 0.15) is 10.5 Å². The number of nitro benzene ring substituents is 1. The lowest BCUT2D eigenvalue weighted by atomic mass is 10.1. The minimum Gasteiger partial charge on any atom is -0.282 e. The van der Waals surface area contributed by atoms with Crippen LogP contribution in [0.3, 0.4) is 0 Å². The summed E-state index contributed by atoms with van der Waals surface area (Å²) in [7, 11) is 0. The lowest BCUT2D eigenvalue weighted by Gasteiger charge is -2.06. The molecule has 136 valence electrons. The van der Waals surface area contributed by atoms with Crippen LogP contribution in [0.5, 0.6) is 0 Å². The summed E-state index contributed by atoms with van der Waals surface area (Å²) in [5.41, 5.74) is 5.54. The molecule has 11 heteroatoms. The van der Waals surface area contributed by atoms with E-state index in [2.05, 4.69) is 26.1 Å². The third-order valence-electron chi connectivity index (χ3n) is 3.26. The van der Waals surface area contributed by atoms with E-state index in [0.717, 1.165) is 11.3 Å². The molecule has 3 amide bonds. The highest BCUT2D eigenvalue weighted by Crippen LogP contribution is 2.27. The number of carbonyl (C=O) groups is 2. The second kappa shape index (κ2) is 8.01. The first-order valence-corrected chi connectivity index (χ1v) is 8.39. The van der Waals surface area contributed by atoms with Gasteiger partial charge in [0.05, 0.1) is 10.6 Å². The Morgan fingerprint density at radius 1 is 1.11 bits per heavy atom. The van der Waals surface area contributed by atoms with Gasteiger partial charge in [-0.3, -0.25) is 30.6 Å². The van der Waals surface area contributed by atoms with Gasteiger partial charge in [0.1, 0.15) is 5.69 Å². The first-order chi connectivity index (χ1) is 13.0. The summed E-state index contributed by atoms with van der Waals surface area (Å²) in [4.78, 5) is 42.1. The number of thiazole rings is 1. The number of non-ortho nitro benzene ring substituents is 1. The zero-order valence-electron chi connectivity index (χ0n) is 13.6. The average Bonchev–Trinajstić information content (AvgIpc) is 3.15. The van der Waals surface area contributed by atoms with Crippen LogP contribution in [-0.2, 0) is 0 Å². The number of hydrogen-bond donors (Lipinski definition) is 3. The van der Waals surface area contributed by atoms with E-state index < -0.39 is 16.9 Å². The molecule has 0 aliphatic carbocycles. The lowest BCUT2D eigenvalue weighted by Crippen LogP contribution is -2.44. The van der Waals surface area contributed by atoms with E-state index in [4.69, 9.17) is 0 Å². The number of anilines is 1. The van der Waals surface area contributed by atoms with Crippen molar-refractivity contribution in [3.05, 3.63) is 69.8 Å². The molecule has 0 saturated heterocycles. The van der Waals surface area contributed by atoms with Gasteiger partial charge in [-0.15, -0.1) is 11.3 Å². The Morgan fingerprint density at radius 2 is 1.96 bits per heavy atom. The number of nitro groups is 1. The van der Waals surface area contributed by atoms with Crippen LogP contribution >= 0.6 is 11.3 Å². The molecule has 1 aromatic carbocycles. The Balaban J connectivity index is 1.59. The largest absolute Gasteiger partial charge is 0.339 e. The molecule has 0 aliphatic heterocycles. The molecule has 0 radical (unpaired) electrons. The van der Waals surface area contributed by atoms with Gasteiger partial charge in [-0.2, -0.15) is 0 Å². The van der Waals surface area contributed by atoms with Gasteiger partial charge in [0, 0.05) is 29.3 Å². The molecule has 0 unspecified atom stereocenters. The lowest BCUT2D eigenvalue weighted by molar-refractivity contribution is -0.384. The minimum atomic E-state index is -0.695. The number of nitrogens with one attached hydrogen (secondary N) is 3. The third-order valence-corrected chi connectivity index (χ3v) is 4.02. The van der Waals surface area contributed by atoms with E-state index in [1.165, 1.54) is 24.4 Å². The van der Waals surface area contributed by atoms with Gasteiger partial charge >= 0.3 is 6.03 Å². The zero-order chi connectivity index (χ0) is 19.2. The fraction of sp³-hybridized carbons (Fsp3) is 0. The van der Waals surface area contributed by atoms with Crippen molar-refractivity contribution in [1.82, 2.24) is 20.8 Å². The number of amides is 3. The number of pyridine rings is 1. The number of hydrogen-bond acceptors (Lipinski definition) is 7. The van der Waals surface area contributed by atoms with Crippen molar-refractivity contribution in [3.63, 3.8) is 0 Å². The maximum Gasteiger partial charge on any atom is 0.339 e. The summed E-state index contributed by atoms with van der Waals surface area (Å²) in [6.45, 7) is 0. The van der Waals surface area contributed by atoms with Crippen LogP contribution in [0.15, 0.2) is 54.0 Å². The van der Waals surface area contributed by atoms with Crippen molar-refractivity contribution in [3.8, 4) is 11.3 Å². The summed E-state index contributed by atoms with van der Waals surface area (Å²) >= 11 is 1.14. The molecule has 0 fully saturated rings. The molecule has 0 spiro atoms. The molecule has 0 bridgehead atoms. The topological polar surface area (TPSA) is 139 Å². The van der Waals surface area contributed by atoms with Gasteiger partial charge in [0.25, 0.3) is 11.6 Å². The van der Waals surface area contributed by atoms with E-state index in [1.807, 2.05) is 0 Å². The highest BCUT2D eigenvalue weighted by molar-refractivity contribution is 7.14. The number of carbonyl (C=O) groups excluding carboxylic acids is 2. The normalized spacial score (nSPS) is 10.1. The number of hydrazine groups is 1. The van der Waals surface area contributed by atoms with Gasteiger partial charge < -0.3 is 0 Å². The van der Waals surface area contributed by atoms with Gasteiger partial charge in [-0.25, -0.2) is 15.2 Å². The predicted molar refractivity (Wildman–Crippen MR) is 98.1 cm³/mol. The van der Waals surface area contributed by atoms with Gasteiger partial charge in [-0.05, 0) is 12.1 Å². The summed E-state index contributed by atoms with van der Waals surface area (Å²) in [6.07, 6.45) is 1.46. The van der Waals surface area contributed by atoms with E-state index in [0.29, 0.717) is 11.3 Å². The molecule has 0 saturated carbocycles. The monoisotopic (exact) mass is 384 g/mol. The maximum absolute atomic E-state index is 11.9. The van der Waals surface area contributed by atoms with Crippen LogP contribution in [0.4, 0.5) is 15.6 Å². The molecule has 10 nitrogen and oxygen atoms in total. The van der Waals surface area contributed by atoms with Crippen LogP contribution in [0.25, 0.3) is 11.3 Å². The molecular weight excluding hydrogens is 372 g/mol. The van der Waals surface area contributed by atoms with E-state index in [-0.39, 0.29) is 16.5 Å². The Kier molecular flexibility index (Phi) is 5.33. The van der Waals surface area contributed by atoms with E-state index >= 15 is 0 Å². The fourth-order valence-electron chi connectivity index (χ4n) is 2.05. The van der Waals surface area contributed by atoms with Crippen LogP contribution < -0.4 is 16.2 Å². The summed E-state index contributed by atoms with van der Waals surface area (Å²) in [5.74, 6) is -0.567.